The van der Waals surface area contributed by atoms with Crippen LogP contribution >= 0.6 is 0 Å². The average molecular weight is 171 g/mol. The summed E-state index contributed by atoms with van der Waals surface area (Å²) in [6.07, 6.45) is 3.41. The molecule has 1 nitrogen and oxygen atoms in total. The van der Waals surface area contributed by atoms with E-state index in [-0.39, 0.29) is 5.54 Å². The van der Waals surface area contributed by atoms with Gasteiger partial charge < -0.3 is 5.73 Å². The fraction of sp³-hybridized carbons (Fsp3) is 1.00. The second-order valence-corrected chi connectivity index (χ2v) is 4.91. The van der Waals surface area contributed by atoms with Gasteiger partial charge in [-0.05, 0) is 31.1 Å². The molecule has 0 saturated carbocycles. The number of hydrogen-bond acceptors (Lipinski definition) is 1. The van der Waals surface area contributed by atoms with Crippen LogP contribution in [-0.4, -0.2) is 5.54 Å². The van der Waals surface area contributed by atoms with Crippen molar-refractivity contribution in [3.8, 4) is 0 Å². The SMILES string of the molecule is CCC(N)(CC(C)C)CC(C)C. The molecule has 0 aliphatic carbocycles. The molecule has 0 spiro atoms. The molecule has 0 radical (unpaired) electrons. The highest BCUT2D eigenvalue weighted by Crippen LogP contribution is 2.25. The Balaban J connectivity index is 4.04. The first-order chi connectivity index (χ1) is 5.39. The highest BCUT2D eigenvalue weighted by molar-refractivity contribution is 4.84. The molecule has 0 aliphatic rings. The van der Waals surface area contributed by atoms with E-state index in [2.05, 4.69) is 34.6 Å². The molecule has 0 aliphatic heterocycles. The van der Waals surface area contributed by atoms with Gasteiger partial charge in [-0.2, -0.15) is 0 Å². The first-order valence-electron chi connectivity index (χ1n) is 5.18. The smallest absolute Gasteiger partial charge is 0.0156 e. The second kappa shape index (κ2) is 4.86. The van der Waals surface area contributed by atoms with Crippen LogP contribution in [0.2, 0.25) is 0 Å². The van der Waals surface area contributed by atoms with E-state index in [1.807, 2.05) is 0 Å². The van der Waals surface area contributed by atoms with Crippen LogP contribution in [0.3, 0.4) is 0 Å². The van der Waals surface area contributed by atoms with Crippen molar-refractivity contribution in [3.05, 3.63) is 0 Å². The highest BCUT2D eigenvalue weighted by Gasteiger charge is 2.24. The van der Waals surface area contributed by atoms with Crippen molar-refractivity contribution in [2.45, 2.75) is 59.4 Å². The van der Waals surface area contributed by atoms with Crippen molar-refractivity contribution in [1.82, 2.24) is 0 Å². The quantitative estimate of drug-likeness (QED) is 0.675. The Hall–Kier alpha value is -0.0400. The molecule has 0 heterocycles. The van der Waals surface area contributed by atoms with Crippen LogP contribution < -0.4 is 5.73 Å². The van der Waals surface area contributed by atoms with E-state index < -0.39 is 0 Å². The summed E-state index contributed by atoms with van der Waals surface area (Å²) in [6.45, 7) is 11.2. The van der Waals surface area contributed by atoms with Gasteiger partial charge >= 0.3 is 0 Å². The van der Waals surface area contributed by atoms with Gasteiger partial charge in [0.1, 0.15) is 0 Å². The minimum Gasteiger partial charge on any atom is -0.325 e. The van der Waals surface area contributed by atoms with Crippen LogP contribution in [0.4, 0.5) is 0 Å². The van der Waals surface area contributed by atoms with Gasteiger partial charge in [0.2, 0.25) is 0 Å². The topological polar surface area (TPSA) is 26.0 Å². The van der Waals surface area contributed by atoms with E-state index in [1.165, 1.54) is 0 Å². The summed E-state index contributed by atoms with van der Waals surface area (Å²) in [4.78, 5) is 0. The Morgan fingerprint density at radius 1 is 1.00 bits per heavy atom. The van der Waals surface area contributed by atoms with E-state index >= 15 is 0 Å². The third kappa shape index (κ3) is 4.76. The first-order valence-corrected chi connectivity index (χ1v) is 5.18. The molecule has 0 saturated heterocycles. The molecule has 0 amide bonds. The van der Waals surface area contributed by atoms with Gasteiger partial charge in [-0.3, -0.25) is 0 Å². The van der Waals surface area contributed by atoms with Crippen LogP contribution in [0, 0.1) is 11.8 Å². The second-order valence-electron chi connectivity index (χ2n) is 4.91. The molecule has 0 unspecified atom stereocenters. The van der Waals surface area contributed by atoms with Crippen LogP contribution in [-0.2, 0) is 0 Å². The molecule has 0 aromatic carbocycles. The fourth-order valence-electron chi connectivity index (χ4n) is 2.00. The van der Waals surface area contributed by atoms with Gasteiger partial charge in [-0.15, -0.1) is 0 Å². The number of hydrogen-bond donors (Lipinski definition) is 1. The molecule has 74 valence electrons. The maximum Gasteiger partial charge on any atom is 0.0156 e. The van der Waals surface area contributed by atoms with Crippen LogP contribution in [0.5, 0.6) is 0 Å². The van der Waals surface area contributed by atoms with Crippen molar-refractivity contribution < 1.29 is 0 Å². The van der Waals surface area contributed by atoms with Gasteiger partial charge in [-0.25, -0.2) is 0 Å². The van der Waals surface area contributed by atoms with Gasteiger partial charge in [0, 0.05) is 5.54 Å². The summed E-state index contributed by atoms with van der Waals surface area (Å²) in [5.41, 5.74) is 6.38. The largest absolute Gasteiger partial charge is 0.325 e. The normalized spacial score (nSPS) is 13.0. The third-order valence-electron chi connectivity index (χ3n) is 2.33. The zero-order valence-electron chi connectivity index (χ0n) is 9.35. The maximum absolute atomic E-state index is 6.30. The van der Waals surface area contributed by atoms with Crippen molar-refractivity contribution in [1.29, 1.82) is 0 Å². The van der Waals surface area contributed by atoms with E-state index in [4.69, 9.17) is 5.73 Å². The van der Waals surface area contributed by atoms with Crippen molar-refractivity contribution >= 4 is 0 Å². The molecule has 0 fully saturated rings. The van der Waals surface area contributed by atoms with E-state index in [1.54, 1.807) is 0 Å². The summed E-state index contributed by atoms with van der Waals surface area (Å²) in [7, 11) is 0. The van der Waals surface area contributed by atoms with Gasteiger partial charge in [0.25, 0.3) is 0 Å². The summed E-state index contributed by atoms with van der Waals surface area (Å²) in [6, 6.07) is 0. The Morgan fingerprint density at radius 3 is 1.50 bits per heavy atom. The minimum absolute atomic E-state index is 0.0856. The third-order valence-corrected chi connectivity index (χ3v) is 2.33. The van der Waals surface area contributed by atoms with Gasteiger partial charge in [0.15, 0.2) is 0 Å². The fourth-order valence-corrected chi connectivity index (χ4v) is 2.00. The molecule has 12 heavy (non-hydrogen) atoms. The van der Waals surface area contributed by atoms with Gasteiger partial charge in [0.05, 0.1) is 0 Å². The Labute approximate surface area is 77.7 Å². The number of nitrogens with two attached hydrogens (primary N) is 1. The van der Waals surface area contributed by atoms with Gasteiger partial charge in [-0.1, -0.05) is 34.6 Å². The lowest BCUT2D eigenvalue weighted by Crippen LogP contribution is -2.41. The predicted octanol–water partition coefficient (Wildman–Crippen LogP) is 3.19. The zero-order chi connectivity index (χ0) is 9.78. The number of rotatable bonds is 5. The summed E-state index contributed by atoms with van der Waals surface area (Å²) >= 11 is 0. The maximum atomic E-state index is 6.30. The lowest BCUT2D eigenvalue weighted by atomic mass is 9.81. The lowest BCUT2D eigenvalue weighted by molar-refractivity contribution is 0.276. The molecular formula is C11H25N. The predicted molar refractivity (Wildman–Crippen MR) is 56.1 cm³/mol. The molecule has 0 rings (SSSR count). The molecule has 0 bridgehead atoms. The summed E-state index contributed by atoms with van der Waals surface area (Å²) < 4.78 is 0. The van der Waals surface area contributed by atoms with Crippen LogP contribution in [0.15, 0.2) is 0 Å². The first kappa shape index (κ1) is 12.0. The molecule has 0 atom stereocenters. The minimum atomic E-state index is 0.0856. The van der Waals surface area contributed by atoms with E-state index in [0.717, 1.165) is 19.3 Å². The highest BCUT2D eigenvalue weighted by atomic mass is 14.7. The molecule has 2 N–H and O–H groups in total. The standard InChI is InChI=1S/C11H25N/c1-6-11(12,7-9(2)3)8-10(4)5/h9-10H,6-8,12H2,1-5H3. The Kier molecular flexibility index (Phi) is 4.84. The molecule has 0 aromatic heterocycles. The van der Waals surface area contributed by atoms with Crippen LogP contribution in [0.1, 0.15) is 53.9 Å². The molecule has 1 heteroatoms. The average Bonchev–Trinajstić information content (AvgIpc) is 1.83. The van der Waals surface area contributed by atoms with E-state index in [0.29, 0.717) is 11.8 Å². The monoisotopic (exact) mass is 171 g/mol. The van der Waals surface area contributed by atoms with E-state index in [9.17, 15) is 0 Å². The molecular weight excluding hydrogens is 146 g/mol. The summed E-state index contributed by atoms with van der Waals surface area (Å²) in [5.74, 6) is 1.43. The summed E-state index contributed by atoms with van der Waals surface area (Å²) in [5, 5.41) is 0. The van der Waals surface area contributed by atoms with Crippen LogP contribution in [0.25, 0.3) is 0 Å². The van der Waals surface area contributed by atoms with Crippen molar-refractivity contribution in [3.63, 3.8) is 0 Å². The zero-order valence-corrected chi connectivity index (χ0v) is 9.35. The van der Waals surface area contributed by atoms with Crippen molar-refractivity contribution in [2.24, 2.45) is 17.6 Å². The Bertz CT molecular complexity index is 106. The Morgan fingerprint density at radius 2 is 1.33 bits per heavy atom. The lowest BCUT2D eigenvalue weighted by Gasteiger charge is -2.31. The van der Waals surface area contributed by atoms with Crippen molar-refractivity contribution in [2.75, 3.05) is 0 Å². The molecule has 0 aromatic rings.